The molecule has 0 fully saturated rings. The molecule has 0 bridgehead atoms. The standard InChI is InChI=1S/C15H16N2O2S/c1-19-15(18)12(11-5-3-2-4-6-11)10-20-14-7-8-17-9-13(14)16/h2-9,12H,10,16H2,1H3. The third-order valence-electron chi connectivity index (χ3n) is 2.90. The summed E-state index contributed by atoms with van der Waals surface area (Å²) < 4.78 is 4.89. The van der Waals surface area contributed by atoms with E-state index in [0.717, 1.165) is 10.5 Å². The Morgan fingerprint density at radius 1 is 1.35 bits per heavy atom. The molecule has 0 aliphatic rings. The summed E-state index contributed by atoms with van der Waals surface area (Å²) in [6.07, 6.45) is 3.30. The highest BCUT2D eigenvalue weighted by molar-refractivity contribution is 7.99. The number of nitrogens with two attached hydrogens (primary N) is 1. The van der Waals surface area contributed by atoms with Crippen molar-refractivity contribution in [1.82, 2.24) is 4.98 Å². The van der Waals surface area contributed by atoms with Crippen molar-refractivity contribution < 1.29 is 9.53 Å². The van der Waals surface area contributed by atoms with Crippen LogP contribution in [0.15, 0.2) is 53.7 Å². The number of hydrogen-bond donors (Lipinski definition) is 1. The molecule has 1 atom stereocenters. The Morgan fingerprint density at radius 2 is 2.10 bits per heavy atom. The van der Waals surface area contributed by atoms with Crippen LogP contribution in [0.5, 0.6) is 0 Å². The fourth-order valence-electron chi connectivity index (χ4n) is 1.83. The lowest BCUT2D eigenvalue weighted by atomic mass is 10.0. The summed E-state index contributed by atoms with van der Waals surface area (Å²) in [5.74, 6) is 0.0281. The molecule has 1 heterocycles. The lowest BCUT2D eigenvalue weighted by molar-refractivity contribution is -0.141. The molecular weight excluding hydrogens is 272 g/mol. The normalized spacial score (nSPS) is 11.8. The van der Waals surface area contributed by atoms with Gasteiger partial charge in [0.15, 0.2) is 0 Å². The topological polar surface area (TPSA) is 65.2 Å². The average molecular weight is 288 g/mol. The van der Waals surface area contributed by atoms with Gasteiger partial charge in [0.05, 0.1) is 24.9 Å². The zero-order valence-electron chi connectivity index (χ0n) is 11.2. The zero-order valence-corrected chi connectivity index (χ0v) is 12.0. The van der Waals surface area contributed by atoms with Crippen molar-refractivity contribution in [3.05, 3.63) is 54.4 Å². The zero-order chi connectivity index (χ0) is 14.4. The lowest BCUT2D eigenvalue weighted by Crippen LogP contribution is -2.16. The molecule has 2 aromatic rings. The fraction of sp³-hybridized carbons (Fsp3) is 0.200. The molecule has 0 aliphatic heterocycles. The van der Waals surface area contributed by atoms with Crippen molar-refractivity contribution >= 4 is 23.4 Å². The van der Waals surface area contributed by atoms with E-state index >= 15 is 0 Å². The molecule has 0 radical (unpaired) electrons. The van der Waals surface area contributed by atoms with Crippen LogP contribution in [-0.4, -0.2) is 23.8 Å². The number of thioether (sulfide) groups is 1. The van der Waals surface area contributed by atoms with Crippen LogP contribution in [0.2, 0.25) is 0 Å². The Bertz CT molecular complexity index is 575. The van der Waals surface area contributed by atoms with Crippen molar-refractivity contribution in [2.24, 2.45) is 0 Å². The van der Waals surface area contributed by atoms with E-state index in [-0.39, 0.29) is 11.9 Å². The minimum atomic E-state index is -0.307. The molecule has 1 unspecified atom stereocenters. The molecule has 0 saturated carbocycles. The maximum Gasteiger partial charge on any atom is 0.313 e. The van der Waals surface area contributed by atoms with Gasteiger partial charge in [0.1, 0.15) is 0 Å². The van der Waals surface area contributed by atoms with Crippen molar-refractivity contribution in [1.29, 1.82) is 0 Å². The number of carbonyl (C=O) groups excluding carboxylic acids is 1. The van der Waals surface area contributed by atoms with Gasteiger partial charge < -0.3 is 10.5 Å². The summed E-state index contributed by atoms with van der Waals surface area (Å²) in [6, 6.07) is 11.5. The smallest absolute Gasteiger partial charge is 0.313 e. The van der Waals surface area contributed by atoms with Crippen LogP contribution >= 0.6 is 11.8 Å². The molecule has 5 heteroatoms. The van der Waals surface area contributed by atoms with Gasteiger partial charge in [0.25, 0.3) is 0 Å². The predicted octanol–water partition coefficient (Wildman–Crippen LogP) is 2.71. The quantitative estimate of drug-likeness (QED) is 0.677. The summed E-state index contributed by atoms with van der Waals surface area (Å²) in [5, 5.41) is 0. The van der Waals surface area contributed by atoms with Crippen LogP contribution in [-0.2, 0) is 9.53 Å². The van der Waals surface area contributed by atoms with Gasteiger partial charge in [-0.15, -0.1) is 11.8 Å². The number of rotatable bonds is 5. The molecule has 1 aromatic heterocycles. The third-order valence-corrected chi connectivity index (χ3v) is 4.09. The molecule has 2 N–H and O–H groups in total. The summed E-state index contributed by atoms with van der Waals surface area (Å²) in [6.45, 7) is 0. The average Bonchev–Trinajstić information content (AvgIpc) is 2.50. The lowest BCUT2D eigenvalue weighted by Gasteiger charge is -2.15. The van der Waals surface area contributed by atoms with Gasteiger partial charge in [-0.2, -0.15) is 0 Å². The van der Waals surface area contributed by atoms with Crippen molar-refractivity contribution in [2.45, 2.75) is 10.8 Å². The van der Waals surface area contributed by atoms with Gasteiger partial charge in [0, 0.05) is 16.8 Å². The van der Waals surface area contributed by atoms with Crippen LogP contribution in [0.3, 0.4) is 0 Å². The Morgan fingerprint density at radius 3 is 2.75 bits per heavy atom. The maximum absolute atomic E-state index is 11.9. The third kappa shape index (κ3) is 3.51. The summed E-state index contributed by atoms with van der Waals surface area (Å²) in [7, 11) is 1.41. The van der Waals surface area contributed by atoms with E-state index in [2.05, 4.69) is 4.98 Å². The number of benzene rings is 1. The number of pyridine rings is 1. The molecular formula is C15H16N2O2S. The van der Waals surface area contributed by atoms with E-state index in [9.17, 15) is 4.79 Å². The minimum Gasteiger partial charge on any atom is -0.469 e. The summed E-state index contributed by atoms with van der Waals surface area (Å²) >= 11 is 1.53. The molecule has 0 spiro atoms. The van der Waals surface area contributed by atoms with E-state index in [1.807, 2.05) is 36.4 Å². The van der Waals surface area contributed by atoms with Crippen molar-refractivity contribution in [2.75, 3.05) is 18.6 Å². The highest BCUT2D eigenvalue weighted by Gasteiger charge is 2.21. The van der Waals surface area contributed by atoms with Crippen LogP contribution < -0.4 is 5.73 Å². The Balaban J connectivity index is 2.14. The van der Waals surface area contributed by atoms with Crippen molar-refractivity contribution in [3.8, 4) is 0 Å². The van der Waals surface area contributed by atoms with Crippen LogP contribution in [0.4, 0.5) is 5.69 Å². The van der Waals surface area contributed by atoms with Crippen LogP contribution in [0, 0.1) is 0 Å². The van der Waals surface area contributed by atoms with E-state index in [1.54, 1.807) is 12.4 Å². The van der Waals surface area contributed by atoms with Gasteiger partial charge in [-0.1, -0.05) is 30.3 Å². The van der Waals surface area contributed by atoms with Crippen molar-refractivity contribution in [3.63, 3.8) is 0 Å². The number of anilines is 1. The first-order chi connectivity index (χ1) is 9.72. The SMILES string of the molecule is COC(=O)C(CSc1ccncc1N)c1ccccc1. The molecule has 0 saturated heterocycles. The van der Waals surface area contributed by atoms with Gasteiger partial charge in [-0.3, -0.25) is 9.78 Å². The highest BCUT2D eigenvalue weighted by atomic mass is 32.2. The van der Waals surface area contributed by atoms with E-state index in [0.29, 0.717) is 11.4 Å². The number of nitrogens with zero attached hydrogens (tertiary/aromatic N) is 1. The number of hydrogen-bond acceptors (Lipinski definition) is 5. The van der Waals surface area contributed by atoms with Gasteiger partial charge in [0.2, 0.25) is 0 Å². The van der Waals surface area contributed by atoms with Crippen LogP contribution in [0.1, 0.15) is 11.5 Å². The second kappa shape index (κ2) is 6.96. The number of nitrogen functional groups attached to an aromatic ring is 1. The first-order valence-electron chi connectivity index (χ1n) is 6.17. The van der Waals surface area contributed by atoms with Gasteiger partial charge in [-0.05, 0) is 11.6 Å². The Hall–Kier alpha value is -2.01. The monoisotopic (exact) mass is 288 g/mol. The maximum atomic E-state index is 11.9. The first kappa shape index (κ1) is 14.4. The Kier molecular flexibility index (Phi) is 5.01. The number of carbonyl (C=O) groups is 1. The largest absolute Gasteiger partial charge is 0.469 e. The van der Waals surface area contributed by atoms with Crippen LogP contribution in [0.25, 0.3) is 0 Å². The van der Waals surface area contributed by atoms with Gasteiger partial charge in [-0.25, -0.2) is 0 Å². The highest BCUT2D eigenvalue weighted by Crippen LogP contribution is 2.30. The molecule has 0 amide bonds. The Labute approximate surface area is 122 Å². The van der Waals surface area contributed by atoms with Gasteiger partial charge >= 0.3 is 5.97 Å². The fourth-order valence-corrected chi connectivity index (χ4v) is 2.88. The number of aromatic nitrogens is 1. The predicted molar refractivity (Wildman–Crippen MR) is 80.6 cm³/mol. The second-order valence-corrected chi connectivity index (χ2v) is 5.27. The minimum absolute atomic E-state index is 0.240. The molecule has 1 aromatic carbocycles. The second-order valence-electron chi connectivity index (χ2n) is 4.21. The number of esters is 1. The molecule has 104 valence electrons. The molecule has 2 rings (SSSR count). The van der Waals surface area contributed by atoms with E-state index in [4.69, 9.17) is 10.5 Å². The van der Waals surface area contributed by atoms with E-state index < -0.39 is 0 Å². The van der Waals surface area contributed by atoms with E-state index in [1.165, 1.54) is 18.9 Å². The summed E-state index contributed by atoms with van der Waals surface area (Å²) in [5.41, 5.74) is 7.42. The summed E-state index contributed by atoms with van der Waals surface area (Å²) in [4.78, 5) is 16.8. The number of ether oxygens (including phenoxy) is 1. The molecule has 0 aliphatic carbocycles. The first-order valence-corrected chi connectivity index (χ1v) is 7.16. The molecule has 4 nitrogen and oxygen atoms in total. The molecule has 20 heavy (non-hydrogen) atoms. The number of methoxy groups -OCH3 is 1.